The van der Waals surface area contributed by atoms with Gasteiger partial charge in [-0.25, -0.2) is 4.39 Å². The van der Waals surface area contributed by atoms with Crippen LogP contribution in [0, 0.1) is 5.82 Å². The summed E-state index contributed by atoms with van der Waals surface area (Å²) < 4.78 is 19.1. The van der Waals surface area contributed by atoms with Crippen molar-refractivity contribution < 1.29 is 18.7 Å². The van der Waals surface area contributed by atoms with Gasteiger partial charge in [0.25, 0.3) is 0 Å². The molecule has 1 unspecified atom stereocenters. The Balaban J connectivity index is 1.59. The number of H-pyrrole nitrogens is 1. The number of carbonyl (C=O) groups is 2. The second-order valence-corrected chi connectivity index (χ2v) is 7.99. The minimum atomic E-state index is -0.259. The molecule has 1 atom stereocenters. The highest BCUT2D eigenvalue weighted by atomic mass is 19.1. The molecule has 1 aliphatic rings. The molecule has 1 aromatic heterocycles. The van der Waals surface area contributed by atoms with Crippen molar-refractivity contribution in [2.24, 2.45) is 0 Å². The van der Waals surface area contributed by atoms with Gasteiger partial charge in [-0.1, -0.05) is 36.4 Å². The van der Waals surface area contributed by atoms with Crippen LogP contribution >= 0.6 is 0 Å². The highest BCUT2D eigenvalue weighted by Crippen LogP contribution is 2.37. The van der Waals surface area contributed by atoms with Crippen LogP contribution in [0.15, 0.2) is 48.5 Å². The van der Waals surface area contributed by atoms with E-state index in [-0.39, 0.29) is 23.7 Å². The molecule has 0 aliphatic carbocycles. The maximum atomic E-state index is 14.5. The Labute approximate surface area is 181 Å². The topological polar surface area (TPSA) is 62.4 Å². The summed E-state index contributed by atoms with van der Waals surface area (Å²) in [5, 5.41) is 1.17. The fourth-order valence-corrected chi connectivity index (χ4v) is 4.49. The van der Waals surface area contributed by atoms with Crippen molar-refractivity contribution in [3.8, 4) is 0 Å². The first-order valence-corrected chi connectivity index (χ1v) is 10.8. The van der Waals surface area contributed by atoms with Gasteiger partial charge in [0.15, 0.2) is 0 Å². The summed E-state index contributed by atoms with van der Waals surface area (Å²) in [4.78, 5) is 29.8. The van der Waals surface area contributed by atoms with E-state index in [9.17, 15) is 14.0 Å². The van der Waals surface area contributed by atoms with Crippen molar-refractivity contribution >= 4 is 22.8 Å². The highest BCUT2D eigenvalue weighted by Gasteiger charge is 2.33. The molecule has 1 N–H and O–H groups in total. The Morgan fingerprint density at radius 3 is 2.65 bits per heavy atom. The van der Waals surface area contributed by atoms with E-state index in [1.807, 2.05) is 29.2 Å². The number of ether oxygens (including phenoxy) is 1. The number of nitrogens with one attached hydrogen (secondary N) is 1. The molecule has 6 heteroatoms. The number of hydrogen-bond acceptors (Lipinski definition) is 3. The van der Waals surface area contributed by atoms with Crippen molar-refractivity contribution in [2.75, 3.05) is 13.7 Å². The van der Waals surface area contributed by atoms with Crippen LogP contribution in [-0.4, -0.2) is 35.4 Å². The zero-order chi connectivity index (χ0) is 21.8. The minimum absolute atomic E-state index is 0.0375. The number of methoxy groups -OCH3 is 1. The second kappa shape index (κ2) is 9.33. The van der Waals surface area contributed by atoms with Gasteiger partial charge in [0, 0.05) is 42.4 Å². The first-order valence-electron chi connectivity index (χ1n) is 10.8. The third-order valence-corrected chi connectivity index (χ3v) is 6.10. The summed E-state index contributed by atoms with van der Waals surface area (Å²) in [6.45, 7) is 0.601. The van der Waals surface area contributed by atoms with E-state index < -0.39 is 0 Å². The van der Waals surface area contributed by atoms with E-state index in [0.29, 0.717) is 44.2 Å². The maximum absolute atomic E-state index is 14.5. The predicted molar refractivity (Wildman–Crippen MR) is 117 cm³/mol. The van der Waals surface area contributed by atoms with Crippen molar-refractivity contribution in [3.05, 3.63) is 71.2 Å². The molecule has 162 valence electrons. The number of carbonyl (C=O) groups excluding carboxylic acids is 2. The molecule has 5 nitrogen and oxygen atoms in total. The fourth-order valence-electron chi connectivity index (χ4n) is 4.49. The largest absolute Gasteiger partial charge is 0.469 e. The number of amides is 1. The number of rotatable bonds is 7. The quantitative estimate of drug-likeness (QED) is 0.443. The van der Waals surface area contributed by atoms with E-state index in [4.69, 9.17) is 0 Å². The number of benzene rings is 2. The van der Waals surface area contributed by atoms with Crippen LogP contribution in [0.3, 0.4) is 0 Å². The van der Waals surface area contributed by atoms with Crippen LogP contribution < -0.4 is 0 Å². The SMILES string of the molecule is COC(=O)CCCCC(=O)N1CCc2c([nH]c3ccccc23)C1Cc1ccccc1F. The number of fused-ring (bicyclic) bond motifs is 3. The first-order chi connectivity index (χ1) is 15.1. The average Bonchev–Trinajstić information content (AvgIpc) is 3.17. The number of halogens is 1. The maximum Gasteiger partial charge on any atom is 0.305 e. The molecule has 31 heavy (non-hydrogen) atoms. The highest BCUT2D eigenvalue weighted by molar-refractivity contribution is 5.86. The number of aromatic nitrogens is 1. The van der Waals surface area contributed by atoms with Gasteiger partial charge in [0.2, 0.25) is 5.91 Å². The van der Waals surface area contributed by atoms with Crippen molar-refractivity contribution in [1.29, 1.82) is 0 Å². The molecular weight excluding hydrogens is 395 g/mol. The van der Waals surface area contributed by atoms with E-state index in [1.165, 1.54) is 24.1 Å². The van der Waals surface area contributed by atoms with E-state index >= 15 is 0 Å². The Morgan fingerprint density at radius 1 is 1.10 bits per heavy atom. The van der Waals surface area contributed by atoms with Crippen molar-refractivity contribution in [3.63, 3.8) is 0 Å². The molecule has 1 amide bonds. The number of hydrogen-bond donors (Lipinski definition) is 1. The molecule has 0 bridgehead atoms. The molecule has 0 saturated carbocycles. The van der Waals surface area contributed by atoms with Crippen LogP contribution in [0.2, 0.25) is 0 Å². The van der Waals surface area contributed by atoms with E-state index in [2.05, 4.69) is 15.8 Å². The molecule has 1 aliphatic heterocycles. The van der Waals surface area contributed by atoms with Crippen LogP contribution in [0.1, 0.15) is 48.5 Å². The minimum Gasteiger partial charge on any atom is -0.469 e. The molecule has 0 spiro atoms. The van der Waals surface area contributed by atoms with Gasteiger partial charge in [0.1, 0.15) is 5.82 Å². The van der Waals surface area contributed by atoms with Gasteiger partial charge in [-0.05, 0) is 42.5 Å². The Bertz CT molecular complexity index is 1090. The average molecular weight is 423 g/mol. The summed E-state index contributed by atoms with van der Waals surface area (Å²) in [5.74, 6) is -0.475. The smallest absolute Gasteiger partial charge is 0.305 e. The molecule has 0 radical (unpaired) electrons. The summed E-state index contributed by atoms with van der Waals surface area (Å²) in [6, 6.07) is 14.6. The molecule has 4 rings (SSSR count). The lowest BCUT2D eigenvalue weighted by molar-refractivity contribution is -0.141. The molecule has 3 aromatic rings. The van der Waals surface area contributed by atoms with Crippen molar-refractivity contribution in [2.45, 2.75) is 44.6 Å². The molecule has 2 aromatic carbocycles. The zero-order valence-electron chi connectivity index (χ0n) is 17.7. The summed E-state index contributed by atoms with van der Waals surface area (Å²) in [5.41, 5.74) is 3.85. The van der Waals surface area contributed by atoms with Gasteiger partial charge in [0.05, 0.1) is 13.2 Å². The summed E-state index contributed by atoms with van der Waals surface area (Å²) in [6.07, 6.45) is 3.09. The third kappa shape index (κ3) is 4.48. The number of unbranched alkanes of at least 4 members (excludes halogenated alkanes) is 1. The third-order valence-electron chi connectivity index (χ3n) is 6.10. The van der Waals surface area contributed by atoms with Gasteiger partial charge in [-0.15, -0.1) is 0 Å². The number of esters is 1. The normalized spacial score (nSPS) is 15.7. The molecule has 2 heterocycles. The van der Waals surface area contributed by atoms with Crippen molar-refractivity contribution in [1.82, 2.24) is 9.88 Å². The Morgan fingerprint density at radius 2 is 1.84 bits per heavy atom. The number of nitrogens with zero attached hydrogens (tertiary/aromatic N) is 1. The monoisotopic (exact) mass is 422 g/mol. The zero-order valence-corrected chi connectivity index (χ0v) is 17.7. The van der Waals surface area contributed by atoms with Gasteiger partial charge >= 0.3 is 5.97 Å². The lowest BCUT2D eigenvalue weighted by Crippen LogP contribution is -2.41. The fraction of sp³-hybridized carbons (Fsp3) is 0.360. The van der Waals surface area contributed by atoms with Gasteiger partial charge < -0.3 is 14.6 Å². The number of aromatic amines is 1. The first kappa shape index (κ1) is 21.1. The summed E-state index contributed by atoms with van der Waals surface area (Å²) >= 11 is 0. The lowest BCUT2D eigenvalue weighted by Gasteiger charge is -2.36. The molecule has 0 fully saturated rings. The second-order valence-electron chi connectivity index (χ2n) is 7.99. The molecule has 0 saturated heterocycles. The Kier molecular flexibility index (Phi) is 6.35. The Hall–Kier alpha value is -3.15. The summed E-state index contributed by atoms with van der Waals surface area (Å²) in [7, 11) is 1.37. The van der Waals surface area contributed by atoms with Crippen LogP contribution in [0.5, 0.6) is 0 Å². The predicted octanol–water partition coefficient (Wildman–Crippen LogP) is 4.71. The van der Waals surface area contributed by atoms with Gasteiger partial charge in [-0.3, -0.25) is 9.59 Å². The standard InChI is InChI=1S/C25H27FN2O3/c1-31-24(30)13-7-6-12-23(29)28-15-14-19-18-9-3-5-11-21(18)27-25(19)22(28)16-17-8-2-4-10-20(17)26/h2-5,8-11,22,27H,6-7,12-16H2,1H3. The van der Waals surface area contributed by atoms with Crippen LogP contribution in [-0.2, 0) is 27.2 Å². The number of para-hydroxylation sites is 1. The van der Waals surface area contributed by atoms with Crippen LogP contribution in [0.4, 0.5) is 4.39 Å². The lowest BCUT2D eigenvalue weighted by atomic mass is 9.92. The van der Waals surface area contributed by atoms with E-state index in [1.54, 1.807) is 12.1 Å². The van der Waals surface area contributed by atoms with E-state index in [0.717, 1.165) is 17.6 Å². The van der Waals surface area contributed by atoms with Gasteiger partial charge in [-0.2, -0.15) is 0 Å². The van der Waals surface area contributed by atoms with Crippen LogP contribution in [0.25, 0.3) is 10.9 Å². The molecular formula is C25H27FN2O3.